The third-order valence-corrected chi connectivity index (χ3v) is 5.87. The summed E-state index contributed by atoms with van der Waals surface area (Å²) in [5, 5.41) is 0. The maximum Gasteiger partial charge on any atom is 0.229 e. The molecule has 0 heterocycles. The normalized spacial score (nSPS) is 14.5. The van der Waals surface area contributed by atoms with Gasteiger partial charge in [0.15, 0.2) is 0 Å². The molecule has 0 fully saturated rings. The van der Waals surface area contributed by atoms with Crippen LogP contribution in [0.5, 0.6) is 0 Å². The second kappa shape index (κ2) is 16.7. The largest absolute Gasteiger partial charge is 0.300 e. The van der Waals surface area contributed by atoms with Crippen molar-refractivity contribution in [2.24, 2.45) is 17.8 Å². The van der Waals surface area contributed by atoms with Crippen molar-refractivity contribution in [3.8, 4) is 0 Å². The molecule has 0 aromatic carbocycles. The SMILES string of the molecule is CCC(=O)NSCC=C(C)CCCC(C)CCCC(C)CCCC(C)C. The molecular weight excluding hydrogens is 338 g/mol. The molecule has 0 aromatic rings. The minimum atomic E-state index is 0.115. The Balaban J connectivity index is 3.63. The van der Waals surface area contributed by atoms with Crippen molar-refractivity contribution in [3.05, 3.63) is 11.6 Å². The van der Waals surface area contributed by atoms with Crippen molar-refractivity contribution in [1.29, 1.82) is 0 Å². The van der Waals surface area contributed by atoms with E-state index in [1.807, 2.05) is 6.92 Å². The van der Waals surface area contributed by atoms with Crippen LogP contribution in [-0.2, 0) is 4.79 Å². The Morgan fingerprint density at radius 1 is 0.923 bits per heavy atom. The van der Waals surface area contributed by atoms with Gasteiger partial charge in [-0.1, -0.05) is 91.2 Å². The molecule has 0 spiro atoms. The Labute approximate surface area is 168 Å². The third-order valence-electron chi connectivity index (χ3n) is 5.16. The van der Waals surface area contributed by atoms with Gasteiger partial charge in [0.05, 0.1) is 0 Å². The summed E-state index contributed by atoms with van der Waals surface area (Å²) in [4.78, 5) is 11.2. The summed E-state index contributed by atoms with van der Waals surface area (Å²) in [5.41, 5.74) is 1.45. The number of carbonyl (C=O) groups excluding carboxylic acids is 1. The Morgan fingerprint density at radius 2 is 1.46 bits per heavy atom. The van der Waals surface area contributed by atoms with Gasteiger partial charge in [-0.15, -0.1) is 0 Å². The average Bonchev–Trinajstić information content (AvgIpc) is 2.58. The predicted octanol–water partition coefficient (Wildman–Crippen LogP) is 7.55. The Hall–Kier alpha value is -0.440. The van der Waals surface area contributed by atoms with Gasteiger partial charge in [0.25, 0.3) is 0 Å². The van der Waals surface area contributed by atoms with Crippen LogP contribution < -0.4 is 4.72 Å². The number of rotatable bonds is 16. The summed E-state index contributed by atoms with van der Waals surface area (Å²) in [5.74, 6) is 3.60. The third kappa shape index (κ3) is 17.0. The smallest absolute Gasteiger partial charge is 0.229 e. The molecule has 0 aromatic heterocycles. The van der Waals surface area contributed by atoms with E-state index in [9.17, 15) is 4.79 Å². The molecule has 0 aliphatic heterocycles. The first-order valence-electron chi connectivity index (χ1n) is 10.9. The Morgan fingerprint density at radius 3 is 2.00 bits per heavy atom. The van der Waals surface area contributed by atoms with Crippen LogP contribution >= 0.6 is 11.9 Å². The van der Waals surface area contributed by atoms with Crippen LogP contribution in [0.3, 0.4) is 0 Å². The molecule has 154 valence electrons. The number of nitrogens with one attached hydrogen (secondary N) is 1. The first-order chi connectivity index (χ1) is 12.3. The van der Waals surface area contributed by atoms with Crippen LogP contribution in [0.2, 0.25) is 0 Å². The number of hydrogen-bond donors (Lipinski definition) is 1. The zero-order valence-corrected chi connectivity index (χ0v) is 19.2. The van der Waals surface area contributed by atoms with E-state index in [-0.39, 0.29) is 5.91 Å². The zero-order valence-electron chi connectivity index (χ0n) is 18.4. The van der Waals surface area contributed by atoms with Gasteiger partial charge in [0.1, 0.15) is 0 Å². The molecule has 0 bridgehead atoms. The monoisotopic (exact) mass is 383 g/mol. The van der Waals surface area contributed by atoms with Gasteiger partial charge in [-0.05, 0) is 49.5 Å². The van der Waals surface area contributed by atoms with Gasteiger partial charge >= 0.3 is 0 Å². The summed E-state index contributed by atoms with van der Waals surface area (Å²) in [7, 11) is 0. The Kier molecular flexibility index (Phi) is 16.4. The lowest BCUT2D eigenvalue weighted by molar-refractivity contribution is -0.118. The summed E-state index contributed by atoms with van der Waals surface area (Å²) in [6, 6.07) is 0. The molecule has 0 aliphatic carbocycles. The van der Waals surface area contributed by atoms with Crippen LogP contribution in [0.25, 0.3) is 0 Å². The van der Waals surface area contributed by atoms with Crippen molar-refractivity contribution in [1.82, 2.24) is 4.72 Å². The van der Waals surface area contributed by atoms with E-state index < -0.39 is 0 Å². The summed E-state index contributed by atoms with van der Waals surface area (Å²) < 4.78 is 2.85. The van der Waals surface area contributed by atoms with Crippen molar-refractivity contribution in [2.45, 2.75) is 106 Å². The molecule has 0 aliphatic rings. The lowest BCUT2D eigenvalue weighted by Gasteiger charge is -2.15. The molecule has 1 amide bonds. The number of hydrogen-bond acceptors (Lipinski definition) is 2. The first-order valence-corrected chi connectivity index (χ1v) is 11.9. The molecule has 2 unspecified atom stereocenters. The summed E-state index contributed by atoms with van der Waals surface area (Å²) >= 11 is 1.50. The van der Waals surface area contributed by atoms with E-state index in [2.05, 4.69) is 45.4 Å². The van der Waals surface area contributed by atoms with Crippen LogP contribution in [0.1, 0.15) is 106 Å². The van der Waals surface area contributed by atoms with Gasteiger partial charge in [-0.2, -0.15) is 0 Å². The van der Waals surface area contributed by atoms with E-state index in [0.29, 0.717) is 6.42 Å². The van der Waals surface area contributed by atoms with Crippen molar-refractivity contribution in [3.63, 3.8) is 0 Å². The first kappa shape index (κ1) is 25.6. The lowest BCUT2D eigenvalue weighted by atomic mass is 9.91. The predicted molar refractivity (Wildman–Crippen MR) is 119 cm³/mol. The Bertz CT molecular complexity index is 378. The highest BCUT2D eigenvalue weighted by Gasteiger charge is 2.06. The highest BCUT2D eigenvalue weighted by molar-refractivity contribution is 7.98. The molecule has 0 rings (SSSR count). The van der Waals surface area contributed by atoms with Crippen LogP contribution in [-0.4, -0.2) is 11.7 Å². The number of carbonyl (C=O) groups is 1. The topological polar surface area (TPSA) is 29.1 Å². The number of allylic oxidation sites excluding steroid dienone is 1. The molecule has 0 saturated heterocycles. The molecule has 0 radical (unpaired) electrons. The van der Waals surface area contributed by atoms with Crippen molar-refractivity contribution < 1.29 is 4.79 Å². The molecule has 2 nitrogen and oxygen atoms in total. The fourth-order valence-electron chi connectivity index (χ4n) is 3.19. The highest BCUT2D eigenvalue weighted by Crippen LogP contribution is 2.22. The minimum absolute atomic E-state index is 0.115. The maximum atomic E-state index is 11.2. The molecule has 1 N–H and O–H groups in total. The fraction of sp³-hybridized carbons (Fsp3) is 0.870. The molecule has 26 heavy (non-hydrogen) atoms. The molecule has 3 heteroatoms. The van der Waals surface area contributed by atoms with Crippen LogP contribution in [0.4, 0.5) is 0 Å². The van der Waals surface area contributed by atoms with E-state index in [4.69, 9.17) is 0 Å². The summed E-state index contributed by atoms with van der Waals surface area (Å²) in [6.07, 6.45) is 15.0. The second-order valence-electron chi connectivity index (χ2n) is 8.60. The van der Waals surface area contributed by atoms with E-state index in [0.717, 1.165) is 23.5 Å². The highest BCUT2D eigenvalue weighted by atomic mass is 32.2. The van der Waals surface area contributed by atoms with Crippen LogP contribution in [0, 0.1) is 17.8 Å². The molecular formula is C23H45NOS. The van der Waals surface area contributed by atoms with Crippen molar-refractivity contribution >= 4 is 17.9 Å². The van der Waals surface area contributed by atoms with Crippen LogP contribution in [0.15, 0.2) is 11.6 Å². The standard InChI is InChI=1S/C23H45NOS/c1-7-23(25)24-26-18-17-22(6)16-10-15-21(5)14-9-13-20(4)12-8-11-19(2)3/h17,19-21H,7-16,18H2,1-6H3,(H,24,25). The second-order valence-corrected chi connectivity index (χ2v) is 9.42. The zero-order chi connectivity index (χ0) is 19.8. The summed E-state index contributed by atoms with van der Waals surface area (Å²) in [6.45, 7) is 13.6. The van der Waals surface area contributed by atoms with Gasteiger partial charge in [-0.25, -0.2) is 0 Å². The van der Waals surface area contributed by atoms with Gasteiger partial charge < -0.3 is 0 Å². The maximum absolute atomic E-state index is 11.2. The van der Waals surface area contributed by atoms with E-state index in [1.165, 1.54) is 75.3 Å². The molecule has 2 atom stereocenters. The van der Waals surface area contributed by atoms with Gasteiger partial charge in [0.2, 0.25) is 5.91 Å². The average molecular weight is 384 g/mol. The van der Waals surface area contributed by atoms with Crippen molar-refractivity contribution in [2.75, 3.05) is 5.75 Å². The quantitative estimate of drug-likeness (QED) is 0.169. The minimum Gasteiger partial charge on any atom is -0.300 e. The van der Waals surface area contributed by atoms with Gasteiger partial charge in [0, 0.05) is 12.2 Å². The fourth-order valence-corrected chi connectivity index (χ4v) is 3.94. The lowest BCUT2D eigenvalue weighted by Crippen LogP contribution is -2.13. The van der Waals surface area contributed by atoms with Gasteiger partial charge in [-0.3, -0.25) is 9.52 Å². The van der Waals surface area contributed by atoms with E-state index in [1.54, 1.807) is 0 Å². The van der Waals surface area contributed by atoms with E-state index >= 15 is 0 Å². The molecule has 0 saturated carbocycles. The number of amides is 1.